The molecule has 1 atom stereocenters. The molecule has 20 heavy (non-hydrogen) atoms. The van der Waals surface area contributed by atoms with Crippen molar-refractivity contribution in [3.63, 3.8) is 0 Å². The van der Waals surface area contributed by atoms with Gasteiger partial charge < -0.3 is 0 Å². The summed E-state index contributed by atoms with van der Waals surface area (Å²) in [5.74, 6) is 0.458. The van der Waals surface area contributed by atoms with Gasteiger partial charge in [-0.3, -0.25) is 4.98 Å². The highest BCUT2D eigenvalue weighted by molar-refractivity contribution is 9.10. The number of hydrogen-bond acceptors (Lipinski definition) is 1. The van der Waals surface area contributed by atoms with Crippen molar-refractivity contribution in [1.82, 2.24) is 4.98 Å². The molecule has 0 radical (unpaired) electrons. The van der Waals surface area contributed by atoms with E-state index in [1.165, 1.54) is 28.6 Å². The Morgan fingerprint density at radius 3 is 2.70 bits per heavy atom. The van der Waals surface area contributed by atoms with Gasteiger partial charge in [0.1, 0.15) is 0 Å². The van der Waals surface area contributed by atoms with E-state index in [2.05, 4.69) is 70.5 Å². The van der Waals surface area contributed by atoms with Crippen molar-refractivity contribution in [3.05, 3.63) is 75.9 Å². The van der Waals surface area contributed by atoms with E-state index >= 15 is 0 Å². The Labute approximate surface area is 126 Å². The van der Waals surface area contributed by atoms with E-state index < -0.39 is 0 Å². The number of aromatic nitrogens is 1. The Balaban J connectivity index is 1.87. The summed E-state index contributed by atoms with van der Waals surface area (Å²) in [7, 11) is 0. The van der Waals surface area contributed by atoms with E-state index in [4.69, 9.17) is 4.98 Å². The van der Waals surface area contributed by atoms with E-state index in [0.29, 0.717) is 5.92 Å². The Hall–Kier alpha value is -1.67. The number of nitrogens with zero attached hydrogens (tertiary/aromatic N) is 1. The minimum absolute atomic E-state index is 0.458. The van der Waals surface area contributed by atoms with Gasteiger partial charge in [0, 0.05) is 15.8 Å². The van der Waals surface area contributed by atoms with Gasteiger partial charge in [-0.2, -0.15) is 0 Å². The molecule has 0 saturated heterocycles. The third-order valence-corrected chi connectivity index (χ3v) is 4.62. The molecule has 4 rings (SSSR count). The summed E-state index contributed by atoms with van der Waals surface area (Å²) in [4.78, 5) is 4.93. The van der Waals surface area contributed by atoms with E-state index in [1.807, 2.05) is 0 Å². The van der Waals surface area contributed by atoms with Crippen LogP contribution < -0.4 is 0 Å². The molecule has 0 saturated carbocycles. The molecule has 1 heterocycles. The second-order valence-corrected chi connectivity index (χ2v) is 6.29. The SMILES string of the molecule is Brc1ccc2nc3c(cc2c1)CCC3c1ccccc1. The van der Waals surface area contributed by atoms with Crippen LogP contribution in [0.15, 0.2) is 59.1 Å². The topological polar surface area (TPSA) is 12.9 Å². The molecule has 0 bridgehead atoms. The lowest BCUT2D eigenvalue weighted by Gasteiger charge is -2.12. The summed E-state index contributed by atoms with van der Waals surface area (Å²) in [6, 6.07) is 19.4. The van der Waals surface area contributed by atoms with E-state index in [1.54, 1.807) is 0 Å². The number of fused-ring (bicyclic) bond motifs is 2. The van der Waals surface area contributed by atoms with Gasteiger partial charge in [0.25, 0.3) is 0 Å². The van der Waals surface area contributed by atoms with Crippen LogP contribution in [-0.2, 0) is 6.42 Å². The number of hydrogen-bond donors (Lipinski definition) is 0. The molecular formula is C18H14BrN. The maximum absolute atomic E-state index is 4.93. The average Bonchev–Trinajstić information content (AvgIpc) is 2.88. The summed E-state index contributed by atoms with van der Waals surface area (Å²) in [5, 5.41) is 1.23. The van der Waals surface area contributed by atoms with Gasteiger partial charge in [0.05, 0.1) is 11.2 Å². The number of halogens is 1. The average molecular weight is 324 g/mol. The molecule has 0 fully saturated rings. The van der Waals surface area contributed by atoms with Crippen molar-refractivity contribution in [1.29, 1.82) is 0 Å². The number of pyridine rings is 1. The normalized spacial score (nSPS) is 17.4. The molecule has 1 nitrogen and oxygen atoms in total. The van der Waals surface area contributed by atoms with E-state index in [0.717, 1.165) is 16.4 Å². The lowest BCUT2D eigenvalue weighted by molar-refractivity contribution is 0.774. The molecule has 0 aliphatic heterocycles. The third kappa shape index (κ3) is 1.95. The Morgan fingerprint density at radius 1 is 1.00 bits per heavy atom. The largest absolute Gasteiger partial charge is 0.252 e. The van der Waals surface area contributed by atoms with Crippen LogP contribution in [0, 0.1) is 0 Å². The van der Waals surface area contributed by atoms with Crippen molar-refractivity contribution < 1.29 is 0 Å². The molecule has 98 valence electrons. The van der Waals surface area contributed by atoms with Gasteiger partial charge in [0.2, 0.25) is 0 Å². The fourth-order valence-electron chi connectivity index (χ4n) is 3.15. The first-order valence-corrected chi connectivity index (χ1v) is 7.74. The van der Waals surface area contributed by atoms with Crippen LogP contribution in [0.1, 0.15) is 29.2 Å². The maximum atomic E-state index is 4.93. The van der Waals surface area contributed by atoms with Crippen LogP contribution in [0.25, 0.3) is 10.9 Å². The van der Waals surface area contributed by atoms with Crippen molar-refractivity contribution in [2.45, 2.75) is 18.8 Å². The second-order valence-electron chi connectivity index (χ2n) is 5.37. The Kier molecular flexibility index (Phi) is 2.85. The van der Waals surface area contributed by atoms with Crippen LogP contribution in [0.3, 0.4) is 0 Å². The zero-order valence-electron chi connectivity index (χ0n) is 11.0. The van der Waals surface area contributed by atoms with Crippen molar-refractivity contribution >= 4 is 26.8 Å². The lowest BCUT2D eigenvalue weighted by Crippen LogP contribution is -1.99. The maximum Gasteiger partial charge on any atom is 0.0706 e. The van der Waals surface area contributed by atoms with Gasteiger partial charge in [-0.15, -0.1) is 0 Å². The molecule has 3 aromatic rings. The zero-order valence-corrected chi connectivity index (χ0v) is 12.6. The molecule has 1 aromatic heterocycles. The first-order chi connectivity index (χ1) is 9.81. The molecule has 0 spiro atoms. The molecule has 0 amide bonds. The Bertz CT molecular complexity index is 780. The highest BCUT2D eigenvalue weighted by Gasteiger charge is 2.25. The first kappa shape index (κ1) is 12.1. The quantitative estimate of drug-likeness (QED) is 0.608. The molecular weight excluding hydrogens is 310 g/mol. The highest BCUT2D eigenvalue weighted by Crippen LogP contribution is 2.38. The van der Waals surface area contributed by atoms with Crippen LogP contribution in [0.2, 0.25) is 0 Å². The Morgan fingerprint density at radius 2 is 1.85 bits per heavy atom. The number of benzene rings is 2. The highest BCUT2D eigenvalue weighted by atomic mass is 79.9. The van der Waals surface area contributed by atoms with Gasteiger partial charge in [-0.05, 0) is 48.2 Å². The van der Waals surface area contributed by atoms with E-state index in [9.17, 15) is 0 Å². The van der Waals surface area contributed by atoms with Crippen molar-refractivity contribution in [2.75, 3.05) is 0 Å². The first-order valence-electron chi connectivity index (χ1n) is 6.95. The van der Waals surface area contributed by atoms with Gasteiger partial charge in [0.15, 0.2) is 0 Å². The van der Waals surface area contributed by atoms with E-state index in [-0.39, 0.29) is 0 Å². The number of aryl methyl sites for hydroxylation is 1. The van der Waals surface area contributed by atoms with Crippen molar-refractivity contribution in [3.8, 4) is 0 Å². The van der Waals surface area contributed by atoms with Gasteiger partial charge in [-0.25, -0.2) is 0 Å². The predicted molar refractivity (Wildman–Crippen MR) is 86.0 cm³/mol. The monoisotopic (exact) mass is 323 g/mol. The molecule has 2 aromatic carbocycles. The molecule has 1 aliphatic carbocycles. The predicted octanol–water partition coefficient (Wildman–Crippen LogP) is 5.08. The summed E-state index contributed by atoms with van der Waals surface area (Å²) in [6.07, 6.45) is 2.30. The smallest absolute Gasteiger partial charge is 0.0706 e. The standard InChI is InChI=1S/C18H14BrN/c19-15-7-9-17-14(11-15)10-13-6-8-16(18(13)20-17)12-4-2-1-3-5-12/h1-5,7,9-11,16H,6,8H2. The fraction of sp³-hybridized carbons (Fsp3) is 0.167. The molecule has 0 N–H and O–H groups in total. The molecule has 1 aliphatic rings. The third-order valence-electron chi connectivity index (χ3n) is 4.12. The summed E-state index contributed by atoms with van der Waals surface area (Å²) in [5.41, 5.74) is 5.15. The van der Waals surface area contributed by atoms with Crippen LogP contribution >= 0.6 is 15.9 Å². The minimum Gasteiger partial charge on any atom is -0.252 e. The summed E-state index contributed by atoms with van der Waals surface area (Å²) in [6.45, 7) is 0. The fourth-order valence-corrected chi connectivity index (χ4v) is 3.53. The van der Waals surface area contributed by atoms with Gasteiger partial charge >= 0.3 is 0 Å². The number of rotatable bonds is 1. The van der Waals surface area contributed by atoms with Crippen LogP contribution in [0.5, 0.6) is 0 Å². The summed E-state index contributed by atoms with van der Waals surface area (Å²) >= 11 is 3.53. The zero-order chi connectivity index (χ0) is 13.5. The van der Waals surface area contributed by atoms with Crippen molar-refractivity contribution in [2.24, 2.45) is 0 Å². The molecule has 2 heteroatoms. The molecule has 1 unspecified atom stereocenters. The second kappa shape index (κ2) is 4.71. The summed E-state index contributed by atoms with van der Waals surface area (Å²) < 4.78 is 1.12. The minimum atomic E-state index is 0.458. The van der Waals surface area contributed by atoms with Crippen LogP contribution in [-0.4, -0.2) is 4.98 Å². The van der Waals surface area contributed by atoms with Crippen LogP contribution in [0.4, 0.5) is 0 Å². The van der Waals surface area contributed by atoms with Gasteiger partial charge in [-0.1, -0.05) is 46.3 Å². The lowest BCUT2D eigenvalue weighted by atomic mass is 9.96.